The summed E-state index contributed by atoms with van der Waals surface area (Å²) in [5, 5.41) is 19.1. The van der Waals surface area contributed by atoms with Crippen molar-refractivity contribution in [3.8, 4) is 0 Å². The van der Waals surface area contributed by atoms with Crippen molar-refractivity contribution in [1.29, 1.82) is 5.41 Å². The minimum atomic E-state index is -0.894. The van der Waals surface area contributed by atoms with Gasteiger partial charge in [0.15, 0.2) is 0 Å². The van der Waals surface area contributed by atoms with E-state index in [0.29, 0.717) is 16.8 Å². The summed E-state index contributed by atoms with van der Waals surface area (Å²) in [5.41, 5.74) is 0.568. The van der Waals surface area contributed by atoms with Crippen LogP contribution < -0.4 is 5.32 Å². The van der Waals surface area contributed by atoms with E-state index in [-0.39, 0.29) is 23.7 Å². The van der Waals surface area contributed by atoms with Crippen LogP contribution in [0.3, 0.4) is 0 Å². The number of carboxylic acids is 1. The Bertz CT molecular complexity index is 319. The fraction of sp³-hybridized carbons (Fsp3) is 0.600. The highest BCUT2D eigenvalue weighted by atomic mass is 79.9. The van der Waals surface area contributed by atoms with Gasteiger partial charge in [0, 0.05) is 18.6 Å². The van der Waals surface area contributed by atoms with Gasteiger partial charge in [-0.25, -0.2) is 0 Å². The minimum absolute atomic E-state index is 0.0247. The predicted molar refractivity (Wildman–Crippen MR) is 73.7 cm³/mol. The van der Waals surface area contributed by atoms with E-state index in [9.17, 15) is 4.79 Å². The molecule has 0 aromatic carbocycles. The van der Waals surface area contributed by atoms with Crippen molar-refractivity contribution in [3.05, 3.63) is 10.2 Å². The second-order valence-corrected chi connectivity index (χ2v) is 4.83. The van der Waals surface area contributed by atoms with Crippen LogP contribution in [0.1, 0.15) is 26.7 Å². The first-order valence-electron chi connectivity index (χ1n) is 5.11. The van der Waals surface area contributed by atoms with E-state index in [0.717, 1.165) is 0 Å². The van der Waals surface area contributed by atoms with E-state index in [1.165, 1.54) is 0 Å². The monoisotopic (exact) mass is 370 g/mol. The number of nitrogens with one attached hydrogen (secondary N) is 2. The molecule has 0 aromatic heterocycles. The maximum atomic E-state index is 10.5. The third-order valence-corrected chi connectivity index (χ3v) is 3.05. The lowest BCUT2D eigenvalue weighted by Crippen LogP contribution is -2.27. The number of allylic oxidation sites excluding steroid dienone is 1. The van der Waals surface area contributed by atoms with Crippen molar-refractivity contribution in [2.75, 3.05) is 6.61 Å². The van der Waals surface area contributed by atoms with Gasteiger partial charge in [-0.1, -0.05) is 0 Å². The Kier molecular flexibility index (Phi) is 8.45. The summed E-state index contributed by atoms with van der Waals surface area (Å²) in [6, 6.07) is 0. The molecule has 0 saturated heterocycles. The summed E-state index contributed by atoms with van der Waals surface area (Å²) in [5.74, 6) is -0.894. The second-order valence-electron chi connectivity index (χ2n) is 3.24. The van der Waals surface area contributed by atoms with Crippen LogP contribution in [0.2, 0.25) is 0 Å². The first-order valence-corrected chi connectivity index (χ1v) is 6.70. The number of carbonyl (C=O) groups is 1. The molecule has 0 aliphatic rings. The molecule has 0 spiro atoms. The molecule has 0 amide bonds. The molecular formula is C10H16Br2N2O3. The number of carboxylic acid groups (broad SMARTS) is 1. The Morgan fingerprint density at radius 2 is 2.06 bits per heavy atom. The molecule has 0 saturated carbocycles. The molecule has 0 bridgehead atoms. The predicted octanol–water partition coefficient (Wildman–Crippen LogP) is 2.80. The van der Waals surface area contributed by atoms with Gasteiger partial charge in [0.2, 0.25) is 0 Å². The van der Waals surface area contributed by atoms with E-state index in [1.807, 2.05) is 13.8 Å². The number of hydrogen-bond acceptors (Lipinski definition) is 4. The van der Waals surface area contributed by atoms with Crippen molar-refractivity contribution >= 4 is 42.5 Å². The van der Waals surface area contributed by atoms with Crippen LogP contribution in [0.15, 0.2) is 10.2 Å². The van der Waals surface area contributed by atoms with Gasteiger partial charge in [0.1, 0.15) is 10.8 Å². The molecule has 0 aliphatic carbocycles. The maximum absolute atomic E-state index is 10.5. The Labute approximate surface area is 117 Å². The van der Waals surface area contributed by atoms with Gasteiger partial charge in [0.05, 0.1) is 4.61 Å². The topological polar surface area (TPSA) is 82.4 Å². The van der Waals surface area contributed by atoms with Gasteiger partial charge in [-0.05, 0) is 52.1 Å². The van der Waals surface area contributed by atoms with Crippen LogP contribution in [0, 0.1) is 5.41 Å². The zero-order chi connectivity index (χ0) is 13.4. The molecule has 0 aromatic rings. The Hall–Kier alpha value is -0.400. The van der Waals surface area contributed by atoms with Crippen LogP contribution in [0.25, 0.3) is 0 Å². The van der Waals surface area contributed by atoms with Crippen molar-refractivity contribution in [3.63, 3.8) is 0 Å². The smallest absolute Gasteiger partial charge is 0.303 e. The SMILES string of the molecule is CCOC(C)N/C(Br)=C(/CCC(=O)O)C(=N)Br. The molecule has 3 N–H and O–H groups in total. The average Bonchev–Trinajstić information content (AvgIpc) is 2.16. The highest BCUT2D eigenvalue weighted by Gasteiger charge is 2.12. The van der Waals surface area contributed by atoms with Crippen LogP contribution in [0.4, 0.5) is 0 Å². The number of hydrogen-bond donors (Lipinski definition) is 3. The summed E-state index contributed by atoms with van der Waals surface area (Å²) in [4.78, 5) is 10.5. The summed E-state index contributed by atoms with van der Waals surface area (Å²) in [7, 11) is 0. The molecule has 5 nitrogen and oxygen atoms in total. The van der Waals surface area contributed by atoms with Crippen molar-refractivity contribution in [2.45, 2.75) is 32.9 Å². The van der Waals surface area contributed by atoms with Gasteiger partial charge >= 0.3 is 5.97 Å². The Morgan fingerprint density at radius 1 is 1.47 bits per heavy atom. The molecule has 0 rings (SSSR count). The van der Waals surface area contributed by atoms with Gasteiger partial charge in [-0.2, -0.15) is 0 Å². The molecular weight excluding hydrogens is 356 g/mol. The summed E-state index contributed by atoms with van der Waals surface area (Å²) in [6.45, 7) is 4.29. The standard InChI is InChI=1S/C10H16Br2N2O3/c1-3-17-6(2)14-10(12)7(9(11)13)4-5-8(15)16/h6,13-14H,3-5H2,1-2H3,(H,15,16)/b10-7-,13-9?. The first-order chi connectivity index (χ1) is 7.88. The van der Waals surface area contributed by atoms with E-state index >= 15 is 0 Å². The lowest BCUT2D eigenvalue weighted by atomic mass is 10.2. The zero-order valence-electron chi connectivity index (χ0n) is 9.72. The van der Waals surface area contributed by atoms with Gasteiger partial charge in [-0.15, -0.1) is 0 Å². The Balaban J connectivity index is 4.62. The fourth-order valence-corrected chi connectivity index (χ4v) is 2.49. The van der Waals surface area contributed by atoms with Crippen LogP contribution in [-0.2, 0) is 9.53 Å². The van der Waals surface area contributed by atoms with Crippen molar-refractivity contribution < 1.29 is 14.6 Å². The highest BCUT2D eigenvalue weighted by Crippen LogP contribution is 2.19. The fourth-order valence-electron chi connectivity index (χ4n) is 1.11. The van der Waals surface area contributed by atoms with Gasteiger partial charge in [-0.3, -0.25) is 10.2 Å². The minimum Gasteiger partial charge on any atom is -0.481 e. The maximum Gasteiger partial charge on any atom is 0.303 e. The molecule has 0 fully saturated rings. The van der Waals surface area contributed by atoms with E-state index in [4.69, 9.17) is 15.3 Å². The zero-order valence-corrected chi connectivity index (χ0v) is 12.9. The summed E-state index contributed by atoms with van der Waals surface area (Å²) < 4.78 is 6.02. The molecule has 1 unspecified atom stereocenters. The molecule has 0 aliphatic heterocycles. The molecule has 17 heavy (non-hydrogen) atoms. The molecule has 1 atom stereocenters. The van der Waals surface area contributed by atoms with E-state index in [1.54, 1.807) is 0 Å². The highest BCUT2D eigenvalue weighted by molar-refractivity contribution is 9.18. The van der Waals surface area contributed by atoms with Crippen molar-refractivity contribution in [1.82, 2.24) is 5.32 Å². The number of aliphatic carboxylic acids is 1. The number of halogens is 2. The lowest BCUT2D eigenvalue weighted by Gasteiger charge is -2.16. The lowest BCUT2D eigenvalue weighted by molar-refractivity contribution is -0.136. The molecule has 98 valence electrons. The largest absolute Gasteiger partial charge is 0.481 e. The molecule has 0 radical (unpaired) electrons. The quantitative estimate of drug-likeness (QED) is 0.348. The summed E-state index contributed by atoms with van der Waals surface area (Å²) >= 11 is 6.33. The molecule has 0 heterocycles. The van der Waals surface area contributed by atoms with Crippen molar-refractivity contribution in [2.24, 2.45) is 0 Å². The molecule has 7 heteroatoms. The van der Waals surface area contributed by atoms with E-state index < -0.39 is 5.97 Å². The van der Waals surface area contributed by atoms with Crippen LogP contribution >= 0.6 is 31.9 Å². The third-order valence-electron chi connectivity index (χ3n) is 1.87. The number of ether oxygens (including phenoxy) is 1. The average molecular weight is 372 g/mol. The Morgan fingerprint density at radius 3 is 2.47 bits per heavy atom. The second kappa shape index (κ2) is 8.66. The van der Waals surface area contributed by atoms with Crippen LogP contribution in [-0.4, -0.2) is 28.5 Å². The first kappa shape index (κ1) is 16.6. The van der Waals surface area contributed by atoms with Gasteiger partial charge < -0.3 is 15.2 Å². The number of rotatable bonds is 8. The van der Waals surface area contributed by atoms with Gasteiger partial charge in [0.25, 0.3) is 0 Å². The third kappa shape index (κ3) is 7.51. The summed E-state index contributed by atoms with van der Waals surface area (Å²) in [6.07, 6.45) is 0.0376. The normalized spacial score (nSPS) is 13.9. The van der Waals surface area contributed by atoms with Crippen LogP contribution in [0.5, 0.6) is 0 Å². The van der Waals surface area contributed by atoms with E-state index in [2.05, 4.69) is 37.2 Å².